The lowest BCUT2D eigenvalue weighted by atomic mass is 9.72. The smallest absolute Gasteiger partial charge is 0.0546 e. The van der Waals surface area contributed by atoms with E-state index in [1.165, 1.54) is 19.3 Å². The van der Waals surface area contributed by atoms with Crippen LogP contribution >= 0.6 is 0 Å². The second-order valence-corrected chi connectivity index (χ2v) is 5.52. The van der Waals surface area contributed by atoms with E-state index in [0.29, 0.717) is 18.1 Å². The molecule has 90 valence electrons. The molecule has 2 N–H and O–H groups in total. The molecule has 4 atom stereocenters. The molecule has 2 nitrogen and oxygen atoms in total. The van der Waals surface area contributed by atoms with Crippen LogP contribution in [0.3, 0.4) is 0 Å². The zero-order valence-electron chi connectivity index (χ0n) is 10.7. The van der Waals surface area contributed by atoms with E-state index in [-0.39, 0.29) is 0 Å². The van der Waals surface area contributed by atoms with E-state index in [2.05, 4.69) is 20.8 Å². The van der Waals surface area contributed by atoms with Gasteiger partial charge in [-0.25, -0.2) is 0 Å². The summed E-state index contributed by atoms with van der Waals surface area (Å²) in [6.45, 7) is 6.81. The first-order valence-electron chi connectivity index (χ1n) is 6.33. The highest BCUT2D eigenvalue weighted by molar-refractivity contribution is 4.84. The number of hydrogen-bond donors (Lipinski definition) is 1. The van der Waals surface area contributed by atoms with Crippen molar-refractivity contribution in [2.45, 2.75) is 58.6 Å². The van der Waals surface area contributed by atoms with Crippen LogP contribution in [-0.4, -0.2) is 19.3 Å². The van der Waals surface area contributed by atoms with Crippen molar-refractivity contribution in [1.82, 2.24) is 0 Å². The molecule has 1 rings (SSSR count). The second-order valence-electron chi connectivity index (χ2n) is 5.52. The summed E-state index contributed by atoms with van der Waals surface area (Å²) in [6.07, 6.45) is 5.29. The lowest BCUT2D eigenvalue weighted by molar-refractivity contribution is 0.0709. The molecule has 0 spiro atoms. The van der Waals surface area contributed by atoms with Crippen molar-refractivity contribution in [3.8, 4) is 0 Å². The van der Waals surface area contributed by atoms with Gasteiger partial charge in [-0.1, -0.05) is 13.8 Å². The van der Waals surface area contributed by atoms with E-state index in [9.17, 15) is 0 Å². The molecule has 0 aliphatic heterocycles. The third-order valence-corrected chi connectivity index (χ3v) is 4.06. The largest absolute Gasteiger partial charge is 0.382 e. The van der Waals surface area contributed by atoms with Crippen molar-refractivity contribution in [3.05, 3.63) is 0 Å². The first kappa shape index (κ1) is 13.0. The molecule has 15 heavy (non-hydrogen) atoms. The lowest BCUT2D eigenvalue weighted by Crippen LogP contribution is -2.39. The molecule has 0 aromatic carbocycles. The molecule has 1 fully saturated rings. The molecule has 0 saturated heterocycles. The molecule has 1 aliphatic rings. The Morgan fingerprint density at radius 1 is 1.27 bits per heavy atom. The van der Waals surface area contributed by atoms with Crippen molar-refractivity contribution >= 4 is 0 Å². The van der Waals surface area contributed by atoms with Crippen LogP contribution in [0.25, 0.3) is 0 Å². The summed E-state index contributed by atoms with van der Waals surface area (Å²) in [5.41, 5.74) is 6.19. The van der Waals surface area contributed by atoms with Gasteiger partial charge in [0.2, 0.25) is 0 Å². The number of hydrogen-bond acceptors (Lipinski definition) is 2. The Hall–Kier alpha value is -0.0800. The second kappa shape index (κ2) is 5.86. The SMILES string of the molecule is COC(C)CC1CC(C(C)C)CCC1N. The van der Waals surface area contributed by atoms with Crippen molar-refractivity contribution in [1.29, 1.82) is 0 Å². The van der Waals surface area contributed by atoms with Gasteiger partial charge in [0.25, 0.3) is 0 Å². The number of methoxy groups -OCH3 is 1. The summed E-state index contributed by atoms with van der Waals surface area (Å²) in [5.74, 6) is 2.35. The monoisotopic (exact) mass is 213 g/mol. The summed E-state index contributed by atoms with van der Waals surface area (Å²) < 4.78 is 5.34. The molecule has 0 amide bonds. The molecular formula is C13H27NO. The molecular weight excluding hydrogens is 186 g/mol. The van der Waals surface area contributed by atoms with Gasteiger partial charge in [-0.2, -0.15) is 0 Å². The van der Waals surface area contributed by atoms with Gasteiger partial charge in [-0.3, -0.25) is 0 Å². The molecule has 0 aromatic rings. The van der Waals surface area contributed by atoms with E-state index in [1.54, 1.807) is 7.11 Å². The number of rotatable bonds is 4. The summed E-state index contributed by atoms with van der Waals surface area (Å²) in [5, 5.41) is 0. The number of nitrogens with two attached hydrogens (primary N) is 1. The standard InChI is InChI=1S/C13H27NO/c1-9(2)11-5-6-13(14)12(8-11)7-10(3)15-4/h9-13H,5-8,14H2,1-4H3. The van der Waals surface area contributed by atoms with Crippen LogP contribution < -0.4 is 5.73 Å². The van der Waals surface area contributed by atoms with Gasteiger partial charge in [0, 0.05) is 13.2 Å². The highest BCUT2D eigenvalue weighted by Gasteiger charge is 2.30. The zero-order valence-corrected chi connectivity index (χ0v) is 10.7. The van der Waals surface area contributed by atoms with E-state index >= 15 is 0 Å². The van der Waals surface area contributed by atoms with Crippen molar-refractivity contribution in [2.75, 3.05) is 7.11 Å². The molecule has 1 aliphatic carbocycles. The Bertz CT molecular complexity index is 181. The molecule has 0 heterocycles. The summed E-state index contributed by atoms with van der Waals surface area (Å²) in [4.78, 5) is 0. The average Bonchev–Trinajstić information content (AvgIpc) is 2.20. The first-order valence-corrected chi connectivity index (χ1v) is 6.33. The van der Waals surface area contributed by atoms with Crippen LogP contribution in [0.5, 0.6) is 0 Å². The quantitative estimate of drug-likeness (QED) is 0.779. The Labute approximate surface area is 94.6 Å². The average molecular weight is 213 g/mol. The van der Waals surface area contributed by atoms with Gasteiger partial charge in [0.1, 0.15) is 0 Å². The van der Waals surface area contributed by atoms with Crippen LogP contribution in [-0.2, 0) is 4.74 Å². The van der Waals surface area contributed by atoms with E-state index in [4.69, 9.17) is 10.5 Å². The van der Waals surface area contributed by atoms with Crippen molar-refractivity contribution < 1.29 is 4.74 Å². The van der Waals surface area contributed by atoms with Gasteiger partial charge in [-0.15, -0.1) is 0 Å². The third-order valence-electron chi connectivity index (χ3n) is 4.06. The highest BCUT2D eigenvalue weighted by atomic mass is 16.5. The molecule has 1 saturated carbocycles. The molecule has 0 bridgehead atoms. The summed E-state index contributed by atoms with van der Waals surface area (Å²) in [6, 6.07) is 0.401. The van der Waals surface area contributed by atoms with E-state index in [1.807, 2.05) is 0 Å². The number of ether oxygens (including phenoxy) is 1. The van der Waals surface area contributed by atoms with Crippen LogP contribution in [0.4, 0.5) is 0 Å². The Morgan fingerprint density at radius 2 is 1.93 bits per heavy atom. The molecule has 0 radical (unpaired) electrons. The molecule has 2 heteroatoms. The van der Waals surface area contributed by atoms with Gasteiger partial charge in [0.15, 0.2) is 0 Å². The fourth-order valence-electron chi connectivity index (χ4n) is 2.72. The fourth-order valence-corrected chi connectivity index (χ4v) is 2.72. The first-order chi connectivity index (χ1) is 7.04. The summed E-state index contributed by atoms with van der Waals surface area (Å²) in [7, 11) is 1.79. The topological polar surface area (TPSA) is 35.2 Å². The normalized spacial score (nSPS) is 34.4. The minimum Gasteiger partial charge on any atom is -0.382 e. The van der Waals surface area contributed by atoms with Crippen LogP contribution in [0.1, 0.15) is 46.5 Å². The van der Waals surface area contributed by atoms with Crippen LogP contribution in [0.15, 0.2) is 0 Å². The Balaban J connectivity index is 2.46. The predicted molar refractivity (Wildman–Crippen MR) is 64.7 cm³/mol. The van der Waals surface area contributed by atoms with Gasteiger partial charge >= 0.3 is 0 Å². The van der Waals surface area contributed by atoms with Gasteiger partial charge in [-0.05, 0) is 50.4 Å². The van der Waals surface area contributed by atoms with Gasteiger partial charge in [0.05, 0.1) is 6.10 Å². The Morgan fingerprint density at radius 3 is 2.47 bits per heavy atom. The van der Waals surface area contributed by atoms with E-state index in [0.717, 1.165) is 18.3 Å². The van der Waals surface area contributed by atoms with Crippen molar-refractivity contribution in [3.63, 3.8) is 0 Å². The molecule has 4 unspecified atom stereocenters. The minimum atomic E-state index is 0.354. The van der Waals surface area contributed by atoms with Crippen molar-refractivity contribution in [2.24, 2.45) is 23.5 Å². The third kappa shape index (κ3) is 3.76. The maximum Gasteiger partial charge on any atom is 0.0546 e. The van der Waals surface area contributed by atoms with Gasteiger partial charge < -0.3 is 10.5 Å². The lowest BCUT2D eigenvalue weighted by Gasteiger charge is -2.37. The maximum absolute atomic E-state index is 6.19. The predicted octanol–water partition coefficient (Wildman–Crippen LogP) is 2.81. The zero-order chi connectivity index (χ0) is 11.4. The summed E-state index contributed by atoms with van der Waals surface area (Å²) >= 11 is 0. The van der Waals surface area contributed by atoms with E-state index < -0.39 is 0 Å². The minimum absolute atomic E-state index is 0.354. The van der Waals surface area contributed by atoms with Crippen LogP contribution in [0, 0.1) is 17.8 Å². The van der Waals surface area contributed by atoms with Crippen LogP contribution in [0.2, 0.25) is 0 Å². The molecule has 0 aromatic heterocycles. The highest BCUT2D eigenvalue weighted by Crippen LogP contribution is 2.35. The fraction of sp³-hybridized carbons (Fsp3) is 1.00. The maximum atomic E-state index is 6.19. The Kier molecular flexibility index (Phi) is 5.07.